The Hall–Kier alpha value is -4.44. The zero-order chi connectivity index (χ0) is 26.7. The number of hydrogen-bond acceptors (Lipinski definition) is 2. The van der Waals surface area contributed by atoms with E-state index in [4.69, 9.17) is 0 Å². The molecule has 0 aliphatic rings. The summed E-state index contributed by atoms with van der Waals surface area (Å²) in [7, 11) is 0. The van der Waals surface area contributed by atoms with E-state index >= 15 is 0 Å². The van der Waals surface area contributed by atoms with E-state index in [2.05, 4.69) is 0 Å². The van der Waals surface area contributed by atoms with Crippen LogP contribution in [-0.2, 0) is 12.4 Å². The van der Waals surface area contributed by atoms with Gasteiger partial charge in [0.2, 0.25) is 0 Å². The normalized spacial score (nSPS) is 12.7. The van der Waals surface area contributed by atoms with Crippen molar-refractivity contribution in [1.82, 2.24) is 0 Å². The Morgan fingerprint density at radius 3 is 1.14 bits per heavy atom. The second kappa shape index (κ2) is 10.0. The predicted octanol–water partition coefficient (Wildman–Crippen LogP) is 8.13. The lowest BCUT2D eigenvalue weighted by molar-refractivity contribution is -0.138. The van der Waals surface area contributed by atoms with Crippen molar-refractivity contribution in [3.05, 3.63) is 106 Å². The number of nitrogens with zero attached hydrogens (tertiary/aromatic N) is 2. The number of alkyl halides is 6. The van der Waals surface area contributed by atoms with Crippen molar-refractivity contribution >= 4 is 23.3 Å². The second-order valence-corrected chi connectivity index (χ2v) is 7.39. The molecule has 0 bridgehead atoms. The first-order valence-corrected chi connectivity index (χ1v) is 9.91. The average molecular weight is 504 g/mol. The lowest BCUT2D eigenvalue weighted by atomic mass is 9.99. The van der Waals surface area contributed by atoms with Gasteiger partial charge in [-0.2, -0.15) is 36.9 Å². The quantitative estimate of drug-likeness (QED) is 0.205. The zero-order valence-electron chi connectivity index (χ0n) is 17.8. The van der Waals surface area contributed by atoms with Crippen LogP contribution in [-0.4, -0.2) is 0 Å². The van der Waals surface area contributed by atoms with Gasteiger partial charge in [-0.1, -0.05) is 24.3 Å². The first kappa shape index (κ1) is 26.2. The van der Waals surface area contributed by atoms with Crippen LogP contribution >= 0.6 is 0 Å². The van der Waals surface area contributed by atoms with Crippen molar-refractivity contribution in [3.8, 4) is 12.1 Å². The minimum atomic E-state index is -4.59. The summed E-state index contributed by atoms with van der Waals surface area (Å²) >= 11 is 0. The molecule has 0 N–H and O–H groups in total. The van der Waals surface area contributed by atoms with Gasteiger partial charge in [0.15, 0.2) is 0 Å². The van der Waals surface area contributed by atoms with Crippen LogP contribution < -0.4 is 0 Å². The average Bonchev–Trinajstić information content (AvgIpc) is 2.82. The highest BCUT2D eigenvalue weighted by molar-refractivity contribution is 5.91. The lowest BCUT2D eigenvalue weighted by Crippen LogP contribution is -2.04. The SMILES string of the molecule is N#CC(=Cc1cc(F)c(C=C(C#N)c2ccc(C(F)(F)F)cc2)cc1F)c1ccc(C(F)(F)F)cc1. The van der Waals surface area contributed by atoms with Gasteiger partial charge in [-0.25, -0.2) is 8.78 Å². The highest BCUT2D eigenvalue weighted by atomic mass is 19.4. The minimum absolute atomic E-state index is 0.0448. The molecule has 0 aliphatic carbocycles. The van der Waals surface area contributed by atoms with Crippen LogP contribution in [0.4, 0.5) is 35.1 Å². The molecule has 0 spiro atoms. The summed E-state index contributed by atoms with van der Waals surface area (Å²) in [5.74, 6) is -2.01. The van der Waals surface area contributed by atoms with Crippen molar-refractivity contribution in [2.75, 3.05) is 0 Å². The summed E-state index contributed by atoms with van der Waals surface area (Å²) in [6.45, 7) is 0. The molecule has 0 heterocycles. The van der Waals surface area contributed by atoms with Gasteiger partial charge in [0.25, 0.3) is 0 Å². The van der Waals surface area contributed by atoms with E-state index in [-0.39, 0.29) is 33.4 Å². The molecule has 10 heteroatoms. The van der Waals surface area contributed by atoms with E-state index in [9.17, 15) is 45.6 Å². The molecule has 0 radical (unpaired) electrons. The maximum atomic E-state index is 14.7. The molecule has 182 valence electrons. The molecule has 3 aromatic rings. The van der Waals surface area contributed by atoms with Crippen LogP contribution in [0, 0.1) is 34.3 Å². The topological polar surface area (TPSA) is 47.6 Å². The Morgan fingerprint density at radius 1 is 0.583 bits per heavy atom. The third-order valence-corrected chi connectivity index (χ3v) is 5.00. The van der Waals surface area contributed by atoms with E-state index in [1.54, 1.807) is 12.1 Å². The maximum absolute atomic E-state index is 14.7. The molecule has 3 aromatic carbocycles. The maximum Gasteiger partial charge on any atom is 0.416 e. The summed E-state index contributed by atoms with van der Waals surface area (Å²) < 4.78 is 106. The first-order valence-electron chi connectivity index (χ1n) is 9.91. The highest BCUT2D eigenvalue weighted by Crippen LogP contribution is 2.32. The molecule has 0 saturated heterocycles. The van der Waals surface area contributed by atoms with E-state index in [1.165, 1.54) is 0 Å². The number of hydrogen-bond donors (Lipinski definition) is 0. The van der Waals surface area contributed by atoms with Crippen molar-refractivity contribution in [1.29, 1.82) is 10.5 Å². The van der Waals surface area contributed by atoms with Gasteiger partial charge >= 0.3 is 12.4 Å². The number of halogens is 8. The third kappa shape index (κ3) is 5.97. The Morgan fingerprint density at radius 2 is 0.889 bits per heavy atom. The molecule has 0 amide bonds. The van der Waals surface area contributed by atoms with Crippen molar-refractivity contribution in [2.45, 2.75) is 12.4 Å². The molecule has 0 aromatic heterocycles. The van der Waals surface area contributed by atoms with Gasteiger partial charge in [-0.05, 0) is 59.7 Å². The van der Waals surface area contributed by atoms with Crippen LogP contribution in [0.15, 0.2) is 60.7 Å². The number of nitriles is 2. The minimum Gasteiger partial charge on any atom is -0.206 e. The summed E-state index contributed by atoms with van der Waals surface area (Å²) in [6.07, 6.45) is -7.27. The number of benzene rings is 3. The standard InChI is InChI=1S/C26H12F8N2/c27-23-12-18(10-20(14-36)16-3-7-22(8-4-16)26(32,33)34)24(28)11-17(23)9-19(13-35)15-1-5-21(6-2-15)25(29,30)31/h1-12H. The van der Waals surface area contributed by atoms with Gasteiger partial charge in [-0.15, -0.1) is 0 Å². The van der Waals surface area contributed by atoms with Crippen LogP contribution in [0.3, 0.4) is 0 Å². The Kier molecular flexibility index (Phi) is 7.30. The molecule has 2 nitrogen and oxygen atoms in total. The van der Waals surface area contributed by atoms with Gasteiger partial charge in [-0.3, -0.25) is 0 Å². The van der Waals surface area contributed by atoms with Crippen LogP contribution in [0.2, 0.25) is 0 Å². The van der Waals surface area contributed by atoms with E-state index in [0.29, 0.717) is 0 Å². The van der Waals surface area contributed by atoms with Gasteiger partial charge in [0, 0.05) is 11.1 Å². The van der Waals surface area contributed by atoms with Crippen LogP contribution in [0.1, 0.15) is 33.4 Å². The molecule has 36 heavy (non-hydrogen) atoms. The predicted molar refractivity (Wildman–Crippen MR) is 116 cm³/mol. The van der Waals surface area contributed by atoms with Crippen LogP contribution in [0.25, 0.3) is 23.3 Å². The summed E-state index contributed by atoms with van der Waals surface area (Å²) in [5, 5.41) is 18.7. The molecule has 3 rings (SSSR count). The van der Waals surface area contributed by atoms with Crippen molar-refractivity contribution < 1.29 is 35.1 Å². The fourth-order valence-electron chi connectivity index (χ4n) is 3.15. The Bertz CT molecular complexity index is 1300. The fraction of sp³-hybridized carbons (Fsp3) is 0.0769. The molecule has 0 saturated carbocycles. The van der Waals surface area contributed by atoms with Crippen LogP contribution in [0.5, 0.6) is 0 Å². The Labute approximate surface area is 199 Å². The smallest absolute Gasteiger partial charge is 0.206 e. The van der Waals surface area contributed by atoms with E-state index in [0.717, 1.165) is 72.8 Å². The molecule has 0 unspecified atom stereocenters. The molecule has 0 aliphatic heterocycles. The molecule has 0 fully saturated rings. The van der Waals surface area contributed by atoms with Gasteiger partial charge in [0.05, 0.1) is 34.4 Å². The highest BCUT2D eigenvalue weighted by Gasteiger charge is 2.30. The fourth-order valence-corrected chi connectivity index (χ4v) is 3.15. The number of allylic oxidation sites excluding steroid dienone is 2. The monoisotopic (exact) mass is 504 g/mol. The molecular formula is C26H12F8N2. The summed E-state index contributed by atoms with van der Waals surface area (Å²) in [6, 6.07) is 12.0. The second-order valence-electron chi connectivity index (χ2n) is 7.39. The zero-order valence-corrected chi connectivity index (χ0v) is 17.8. The largest absolute Gasteiger partial charge is 0.416 e. The summed E-state index contributed by atoms with van der Waals surface area (Å²) in [5.41, 5.74) is -3.02. The van der Waals surface area contributed by atoms with Gasteiger partial charge in [0.1, 0.15) is 11.6 Å². The van der Waals surface area contributed by atoms with E-state index in [1.807, 2.05) is 0 Å². The van der Waals surface area contributed by atoms with Gasteiger partial charge < -0.3 is 0 Å². The molecular weight excluding hydrogens is 492 g/mol. The Balaban J connectivity index is 1.96. The summed E-state index contributed by atoms with van der Waals surface area (Å²) in [4.78, 5) is 0. The lowest BCUT2D eigenvalue weighted by Gasteiger charge is -2.08. The molecule has 0 atom stereocenters. The number of rotatable bonds is 4. The van der Waals surface area contributed by atoms with Crippen molar-refractivity contribution in [2.24, 2.45) is 0 Å². The van der Waals surface area contributed by atoms with E-state index < -0.39 is 35.1 Å². The third-order valence-electron chi connectivity index (χ3n) is 5.00. The first-order chi connectivity index (χ1) is 16.8. The van der Waals surface area contributed by atoms with Crippen molar-refractivity contribution in [3.63, 3.8) is 0 Å².